The molecular weight excluding hydrogens is 246 g/mol. The molecule has 1 aliphatic rings. The third-order valence-electron chi connectivity index (χ3n) is 4.43. The lowest BCUT2D eigenvalue weighted by atomic mass is 9.85. The Kier molecular flexibility index (Phi) is 3.93. The highest BCUT2D eigenvalue weighted by molar-refractivity contribution is 5.83. The van der Waals surface area contributed by atoms with Crippen LogP contribution in [0.5, 0.6) is 5.75 Å². The third kappa shape index (κ3) is 2.80. The Bertz CT molecular complexity index is 580. The fourth-order valence-corrected chi connectivity index (χ4v) is 3.20. The average molecular weight is 269 g/mol. The number of likely N-dealkylation sites (N-methyl/N-ethyl adjacent to an activating group) is 1. The van der Waals surface area contributed by atoms with E-state index in [2.05, 4.69) is 54.7 Å². The molecule has 20 heavy (non-hydrogen) atoms. The molecule has 0 radical (unpaired) electrons. The van der Waals surface area contributed by atoms with E-state index in [0.29, 0.717) is 6.04 Å². The SMILES string of the molecule is CNC1CCC(C)CC1Oc1ccc2ccccc2c1. The van der Waals surface area contributed by atoms with Gasteiger partial charge in [0.15, 0.2) is 0 Å². The molecule has 2 heteroatoms. The molecule has 0 aliphatic heterocycles. The van der Waals surface area contributed by atoms with E-state index >= 15 is 0 Å². The molecule has 3 unspecified atom stereocenters. The Balaban J connectivity index is 1.80. The van der Waals surface area contributed by atoms with E-state index in [1.165, 1.54) is 23.6 Å². The van der Waals surface area contributed by atoms with Crippen LogP contribution in [0.4, 0.5) is 0 Å². The van der Waals surface area contributed by atoms with E-state index in [-0.39, 0.29) is 6.10 Å². The van der Waals surface area contributed by atoms with E-state index < -0.39 is 0 Å². The van der Waals surface area contributed by atoms with Gasteiger partial charge in [-0.3, -0.25) is 0 Å². The molecule has 3 atom stereocenters. The smallest absolute Gasteiger partial charge is 0.120 e. The predicted octanol–water partition coefficient (Wildman–Crippen LogP) is 4.00. The molecule has 0 heterocycles. The van der Waals surface area contributed by atoms with Crippen molar-refractivity contribution in [3.05, 3.63) is 42.5 Å². The van der Waals surface area contributed by atoms with Gasteiger partial charge in [0, 0.05) is 6.04 Å². The van der Waals surface area contributed by atoms with Crippen LogP contribution in [-0.2, 0) is 0 Å². The molecule has 0 amide bonds. The second kappa shape index (κ2) is 5.84. The average Bonchev–Trinajstić information content (AvgIpc) is 2.47. The molecule has 0 saturated heterocycles. The van der Waals surface area contributed by atoms with Gasteiger partial charge in [-0.2, -0.15) is 0 Å². The zero-order valence-electron chi connectivity index (χ0n) is 12.3. The minimum atomic E-state index is 0.282. The van der Waals surface area contributed by atoms with Gasteiger partial charge < -0.3 is 10.1 Å². The fraction of sp³-hybridized carbons (Fsp3) is 0.444. The minimum absolute atomic E-state index is 0.282. The summed E-state index contributed by atoms with van der Waals surface area (Å²) in [6.45, 7) is 2.32. The van der Waals surface area contributed by atoms with Crippen molar-refractivity contribution in [1.82, 2.24) is 5.32 Å². The van der Waals surface area contributed by atoms with Crippen molar-refractivity contribution in [2.24, 2.45) is 5.92 Å². The molecule has 2 aromatic carbocycles. The van der Waals surface area contributed by atoms with Crippen molar-refractivity contribution in [3.8, 4) is 5.75 Å². The maximum atomic E-state index is 6.27. The summed E-state index contributed by atoms with van der Waals surface area (Å²) >= 11 is 0. The Morgan fingerprint density at radius 2 is 1.85 bits per heavy atom. The van der Waals surface area contributed by atoms with Crippen molar-refractivity contribution in [2.45, 2.75) is 38.3 Å². The van der Waals surface area contributed by atoms with Crippen molar-refractivity contribution >= 4 is 10.8 Å². The Labute approximate surface area is 121 Å². The van der Waals surface area contributed by atoms with Crippen LogP contribution in [0, 0.1) is 5.92 Å². The standard InChI is InChI=1S/C18H23NO/c1-13-7-10-17(19-2)18(11-13)20-16-9-8-14-5-3-4-6-15(14)12-16/h3-6,8-9,12-13,17-19H,7,10-11H2,1-2H3. The van der Waals surface area contributed by atoms with Crippen LogP contribution >= 0.6 is 0 Å². The number of rotatable bonds is 3. The van der Waals surface area contributed by atoms with Gasteiger partial charge in [-0.15, -0.1) is 0 Å². The second-order valence-corrected chi connectivity index (χ2v) is 5.98. The predicted molar refractivity (Wildman–Crippen MR) is 84.2 cm³/mol. The van der Waals surface area contributed by atoms with Crippen molar-refractivity contribution in [2.75, 3.05) is 7.05 Å². The van der Waals surface area contributed by atoms with Crippen molar-refractivity contribution in [1.29, 1.82) is 0 Å². The molecule has 0 spiro atoms. The van der Waals surface area contributed by atoms with Crippen LogP contribution in [0.2, 0.25) is 0 Å². The quantitative estimate of drug-likeness (QED) is 0.909. The summed E-state index contributed by atoms with van der Waals surface area (Å²) in [6.07, 6.45) is 3.92. The van der Waals surface area contributed by atoms with Gasteiger partial charge in [-0.1, -0.05) is 37.3 Å². The lowest BCUT2D eigenvalue weighted by Crippen LogP contribution is -2.45. The van der Waals surface area contributed by atoms with Crippen LogP contribution in [0.1, 0.15) is 26.2 Å². The summed E-state index contributed by atoms with van der Waals surface area (Å²) in [5, 5.41) is 5.92. The van der Waals surface area contributed by atoms with Gasteiger partial charge in [0.25, 0.3) is 0 Å². The molecule has 1 aliphatic carbocycles. The summed E-state index contributed by atoms with van der Waals surface area (Å²) in [7, 11) is 2.04. The molecule has 3 rings (SSSR count). The topological polar surface area (TPSA) is 21.3 Å². The first-order valence-electron chi connectivity index (χ1n) is 7.59. The first-order chi connectivity index (χ1) is 9.76. The number of hydrogen-bond donors (Lipinski definition) is 1. The van der Waals surface area contributed by atoms with E-state index in [0.717, 1.165) is 18.1 Å². The zero-order valence-corrected chi connectivity index (χ0v) is 12.3. The summed E-state index contributed by atoms with van der Waals surface area (Å²) in [6, 6.07) is 15.3. The molecule has 1 fully saturated rings. The Morgan fingerprint density at radius 3 is 2.65 bits per heavy atom. The Morgan fingerprint density at radius 1 is 1.05 bits per heavy atom. The van der Waals surface area contributed by atoms with Crippen molar-refractivity contribution in [3.63, 3.8) is 0 Å². The maximum Gasteiger partial charge on any atom is 0.120 e. The molecular formula is C18H23NO. The molecule has 1 N–H and O–H groups in total. The minimum Gasteiger partial charge on any atom is -0.489 e. The highest BCUT2D eigenvalue weighted by atomic mass is 16.5. The number of ether oxygens (including phenoxy) is 1. The van der Waals surface area contributed by atoms with Gasteiger partial charge in [-0.25, -0.2) is 0 Å². The summed E-state index contributed by atoms with van der Waals surface area (Å²) in [5.41, 5.74) is 0. The molecule has 1 saturated carbocycles. The van der Waals surface area contributed by atoms with E-state index in [1.807, 2.05) is 7.05 Å². The van der Waals surface area contributed by atoms with Crippen molar-refractivity contribution < 1.29 is 4.74 Å². The summed E-state index contributed by atoms with van der Waals surface area (Å²) in [5.74, 6) is 1.74. The third-order valence-corrected chi connectivity index (χ3v) is 4.43. The highest BCUT2D eigenvalue weighted by Crippen LogP contribution is 2.29. The lowest BCUT2D eigenvalue weighted by molar-refractivity contribution is 0.0945. The molecule has 2 nitrogen and oxygen atoms in total. The van der Waals surface area contributed by atoms with Crippen LogP contribution in [0.25, 0.3) is 10.8 Å². The van der Waals surface area contributed by atoms with Gasteiger partial charge in [-0.05, 0) is 55.1 Å². The van der Waals surface area contributed by atoms with E-state index in [4.69, 9.17) is 4.74 Å². The normalized spacial score (nSPS) is 26.6. The van der Waals surface area contributed by atoms with Gasteiger partial charge >= 0.3 is 0 Å². The van der Waals surface area contributed by atoms with Gasteiger partial charge in [0.1, 0.15) is 11.9 Å². The molecule has 0 bridgehead atoms. The largest absolute Gasteiger partial charge is 0.489 e. The fourth-order valence-electron chi connectivity index (χ4n) is 3.20. The maximum absolute atomic E-state index is 6.27. The van der Waals surface area contributed by atoms with Gasteiger partial charge in [0.05, 0.1) is 0 Å². The van der Waals surface area contributed by atoms with Crippen LogP contribution in [0.15, 0.2) is 42.5 Å². The highest BCUT2D eigenvalue weighted by Gasteiger charge is 2.29. The lowest BCUT2D eigenvalue weighted by Gasteiger charge is -2.34. The zero-order chi connectivity index (χ0) is 13.9. The van der Waals surface area contributed by atoms with Crippen LogP contribution < -0.4 is 10.1 Å². The number of hydrogen-bond acceptors (Lipinski definition) is 2. The number of nitrogens with one attached hydrogen (secondary N) is 1. The molecule has 106 valence electrons. The van der Waals surface area contributed by atoms with E-state index in [1.54, 1.807) is 0 Å². The summed E-state index contributed by atoms with van der Waals surface area (Å²) in [4.78, 5) is 0. The van der Waals surface area contributed by atoms with Crippen LogP contribution in [0.3, 0.4) is 0 Å². The summed E-state index contributed by atoms with van der Waals surface area (Å²) < 4.78 is 6.27. The monoisotopic (exact) mass is 269 g/mol. The first-order valence-corrected chi connectivity index (χ1v) is 7.59. The number of benzene rings is 2. The molecule has 0 aromatic heterocycles. The first kappa shape index (κ1) is 13.4. The second-order valence-electron chi connectivity index (χ2n) is 5.98. The van der Waals surface area contributed by atoms with Gasteiger partial charge in [0.2, 0.25) is 0 Å². The van der Waals surface area contributed by atoms with Crippen LogP contribution in [-0.4, -0.2) is 19.2 Å². The Hall–Kier alpha value is -1.54. The van der Waals surface area contributed by atoms with E-state index in [9.17, 15) is 0 Å². The molecule has 2 aromatic rings. The number of fused-ring (bicyclic) bond motifs is 1.